The number of halogens is 3. The van der Waals surface area contributed by atoms with Gasteiger partial charge in [-0.25, -0.2) is 0 Å². The molecule has 0 radical (unpaired) electrons. The third kappa shape index (κ3) is 8.73. The van der Waals surface area contributed by atoms with E-state index in [2.05, 4.69) is 22.9 Å². The Kier molecular flexibility index (Phi) is 9.44. The molecule has 0 fully saturated rings. The summed E-state index contributed by atoms with van der Waals surface area (Å²) in [5.74, 6) is -0.404. The molecule has 132 valence electrons. The lowest BCUT2D eigenvalue weighted by atomic mass is 10.2. The fourth-order valence-corrected chi connectivity index (χ4v) is 2.23. The predicted molar refractivity (Wildman–Crippen MR) is 106 cm³/mol. The minimum absolute atomic E-state index is 0.312. The molecule has 1 amide bonds. The van der Waals surface area contributed by atoms with Crippen molar-refractivity contribution >= 4 is 64.1 Å². The van der Waals surface area contributed by atoms with Gasteiger partial charge in [-0.05, 0) is 30.3 Å². The number of hydrogen-bond acceptors (Lipinski definition) is 2. The quantitative estimate of drug-likeness (QED) is 0.211. The first-order valence-corrected chi connectivity index (χ1v) is 9.02. The molecule has 1 aromatic rings. The highest BCUT2D eigenvalue weighted by atomic mass is 35.6. The zero-order chi connectivity index (χ0) is 18.0. The second kappa shape index (κ2) is 10.8. The maximum absolute atomic E-state index is 12.0. The van der Waals surface area contributed by atoms with E-state index >= 15 is 0 Å². The van der Waals surface area contributed by atoms with Crippen molar-refractivity contribution in [2.75, 3.05) is 6.54 Å². The van der Waals surface area contributed by atoms with Crippen molar-refractivity contribution in [3.05, 3.63) is 42.0 Å². The molecule has 1 rings (SSSR count). The molecule has 3 N–H and O–H groups in total. The van der Waals surface area contributed by atoms with E-state index in [1.807, 2.05) is 30.3 Å². The molecule has 8 heteroatoms. The first-order valence-electron chi connectivity index (χ1n) is 7.47. The first-order chi connectivity index (χ1) is 11.3. The molecule has 0 aliphatic carbocycles. The van der Waals surface area contributed by atoms with Gasteiger partial charge < -0.3 is 16.0 Å². The molecule has 1 aromatic carbocycles. The van der Waals surface area contributed by atoms with E-state index in [9.17, 15) is 4.79 Å². The topological polar surface area (TPSA) is 53.2 Å². The molecule has 0 saturated heterocycles. The minimum atomic E-state index is -1.76. The number of thiocarbonyl (C=S) groups is 1. The normalized spacial score (nSPS) is 12.7. The zero-order valence-corrected chi connectivity index (χ0v) is 16.3. The van der Waals surface area contributed by atoms with Crippen molar-refractivity contribution in [2.45, 2.75) is 29.7 Å². The van der Waals surface area contributed by atoms with Gasteiger partial charge in [-0.15, -0.1) is 0 Å². The fourth-order valence-electron chi connectivity index (χ4n) is 1.69. The van der Waals surface area contributed by atoms with Crippen LogP contribution in [0.2, 0.25) is 0 Å². The lowest BCUT2D eigenvalue weighted by Gasteiger charge is -2.27. The van der Waals surface area contributed by atoms with Gasteiger partial charge in [0.05, 0.1) is 0 Å². The average Bonchev–Trinajstić information content (AvgIpc) is 2.53. The summed E-state index contributed by atoms with van der Waals surface area (Å²) in [6.07, 6.45) is 4.07. The lowest BCUT2D eigenvalue weighted by molar-refractivity contribution is -0.117. The molecule has 0 aliphatic heterocycles. The number of unbranched alkanes of at least 4 members (excludes halogenated alkanes) is 1. The van der Waals surface area contributed by atoms with Gasteiger partial charge in [-0.3, -0.25) is 4.79 Å². The van der Waals surface area contributed by atoms with Gasteiger partial charge in [0.1, 0.15) is 6.17 Å². The summed E-state index contributed by atoms with van der Waals surface area (Å²) in [5, 5.41) is 8.70. The van der Waals surface area contributed by atoms with Crippen LogP contribution in [0.3, 0.4) is 0 Å². The SMILES string of the molecule is CCCCNC(=S)NC(NC(=O)/C=C/c1ccccc1)C(Cl)(Cl)Cl. The van der Waals surface area contributed by atoms with E-state index in [1.165, 1.54) is 6.08 Å². The molecule has 0 bridgehead atoms. The maximum atomic E-state index is 12.0. The number of carbonyl (C=O) groups is 1. The van der Waals surface area contributed by atoms with Crippen LogP contribution in [0.4, 0.5) is 0 Å². The summed E-state index contributed by atoms with van der Waals surface area (Å²) >= 11 is 22.9. The molecule has 0 aliphatic rings. The monoisotopic (exact) mass is 407 g/mol. The Morgan fingerprint density at radius 2 is 1.92 bits per heavy atom. The van der Waals surface area contributed by atoms with Gasteiger partial charge in [0.2, 0.25) is 9.70 Å². The summed E-state index contributed by atoms with van der Waals surface area (Å²) in [5.41, 5.74) is 0.891. The molecule has 4 nitrogen and oxygen atoms in total. The van der Waals surface area contributed by atoms with Crippen molar-refractivity contribution in [2.24, 2.45) is 0 Å². The third-order valence-corrected chi connectivity index (χ3v) is 3.85. The van der Waals surface area contributed by atoms with Gasteiger partial charge in [0.15, 0.2) is 5.11 Å². The van der Waals surface area contributed by atoms with Crippen LogP contribution >= 0.6 is 47.0 Å². The third-order valence-electron chi connectivity index (χ3n) is 2.93. The fraction of sp³-hybridized carbons (Fsp3) is 0.375. The van der Waals surface area contributed by atoms with Gasteiger partial charge in [0.25, 0.3) is 0 Å². The van der Waals surface area contributed by atoms with Crippen LogP contribution in [0.25, 0.3) is 6.08 Å². The second-order valence-corrected chi connectivity index (χ2v) is 7.76. The molecule has 0 spiro atoms. The molecular weight excluding hydrogens is 389 g/mol. The highest BCUT2D eigenvalue weighted by Crippen LogP contribution is 2.29. The standard InChI is InChI=1S/C16H20Cl3N3OS/c1-2-3-11-20-15(24)22-14(16(17,18)19)21-13(23)10-9-12-7-5-4-6-8-12/h4-10,14H,2-3,11H2,1H3,(H,21,23)(H2,20,22,24)/b10-9+. The summed E-state index contributed by atoms with van der Waals surface area (Å²) in [4.78, 5) is 12.0. The van der Waals surface area contributed by atoms with Crippen molar-refractivity contribution in [3.63, 3.8) is 0 Å². The van der Waals surface area contributed by atoms with Crippen LogP contribution in [0.15, 0.2) is 36.4 Å². The predicted octanol–water partition coefficient (Wildman–Crippen LogP) is 3.78. The number of carbonyl (C=O) groups excluding carboxylic acids is 1. The highest BCUT2D eigenvalue weighted by Gasteiger charge is 2.34. The van der Waals surface area contributed by atoms with Crippen LogP contribution in [-0.4, -0.2) is 27.5 Å². The molecular formula is C16H20Cl3N3OS. The Labute approximate surface area is 162 Å². The Morgan fingerprint density at radius 3 is 2.50 bits per heavy atom. The molecule has 1 unspecified atom stereocenters. The molecule has 0 heterocycles. The van der Waals surface area contributed by atoms with E-state index < -0.39 is 15.9 Å². The number of amides is 1. The van der Waals surface area contributed by atoms with Crippen LogP contribution in [-0.2, 0) is 4.79 Å². The summed E-state index contributed by atoms with van der Waals surface area (Å²) in [7, 11) is 0. The van der Waals surface area contributed by atoms with E-state index in [0.29, 0.717) is 11.7 Å². The second-order valence-electron chi connectivity index (χ2n) is 4.98. The van der Waals surface area contributed by atoms with E-state index in [1.54, 1.807) is 6.08 Å². The largest absolute Gasteiger partial charge is 0.363 e. The van der Waals surface area contributed by atoms with Crippen molar-refractivity contribution in [3.8, 4) is 0 Å². The summed E-state index contributed by atoms with van der Waals surface area (Å²) in [6, 6.07) is 9.41. The van der Waals surface area contributed by atoms with Crippen LogP contribution in [0.1, 0.15) is 25.3 Å². The van der Waals surface area contributed by atoms with E-state index in [0.717, 1.165) is 18.4 Å². The summed E-state index contributed by atoms with van der Waals surface area (Å²) < 4.78 is -1.76. The van der Waals surface area contributed by atoms with Crippen molar-refractivity contribution in [1.29, 1.82) is 0 Å². The molecule has 0 aromatic heterocycles. The molecule has 24 heavy (non-hydrogen) atoms. The average molecular weight is 409 g/mol. The van der Waals surface area contributed by atoms with Crippen molar-refractivity contribution < 1.29 is 4.79 Å². The van der Waals surface area contributed by atoms with Crippen LogP contribution in [0, 0.1) is 0 Å². The van der Waals surface area contributed by atoms with Gasteiger partial charge in [-0.2, -0.15) is 0 Å². The van der Waals surface area contributed by atoms with E-state index in [4.69, 9.17) is 47.0 Å². The number of alkyl halides is 3. The van der Waals surface area contributed by atoms with Crippen LogP contribution < -0.4 is 16.0 Å². The lowest BCUT2D eigenvalue weighted by Crippen LogP contribution is -2.57. The highest BCUT2D eigenvalue weighted by molar-refractivity contribution is 7.80. The molecule has 1 atom stereocenters. The zero-order valence-electron chi connectivity index (χ0n) is 13.2. The van der Waals surface area contributed by atoms with Gasteiger partial charge in [-0.1, -0.05) is 78.5 Å². The number of benzene rings is 1. The molecule has 0 saturated carbocycles. The number of rotatable bonds is 7. The Bertz CT molecular complexity index is 561. The van der Waals surface area contributed by atoms with Gasteiger partial charge in [0, 0.05) is 12.6 Å². The Balaban J connectivity index is 2.61. The minimum Gasteiger partial charge on any atom is -0.363 e. The number of hydrogen-bond donors (Lipinski definition) is 3. The van der Waals surface area contributed by atoms with E-state index in [-0.39, 0.29) is 0 Å². The maximum Gasteiger partial charge on any atom is 0.245 e. The summed E-state index contributed by atoms with van der Waals surface area (Å²) in [6.45, 7) is 2.78. The van der Waals surface area contributed by atoms with Crippen molar-refractivity contribution in [1.82, 2.24) is 16.0 Å². The van der Waals surface area contributed by atoms with Gasteiger partial charge >= 0.3 is 0 Å². The Hall–Kier alpha value is -1.01. The number of nitrogens with one attached hydrogen (secondary N) is 3. The van der Waals surface area contributed by atoms with Crippen LogP contribution in [0.5, 0.6) is 0 Å². The smallest absolute Gasteiger partial charge is 0.245 e. The Morgan fingerprint density at radius 1 is 1.25 bits per heavy atom. The first kappa shape index (κ1) is 21.0.